The van der Waals surface area contributed by atoms with Crippen molar-refractivity contribution in [1.29, 1.82) is 0 Å². The minimum Gasteiger partial charge on any atom is -0.493 e. The molecule has 0 saturated carbocycles. The van der Waals surface area contributed by atoms with Crippen LogP contribution in [0.2, 0.25) is 0 Å². The van der Waals surface area contributed by atoms with Crippen LogP contribution in [0.3, 0.4) is 0 Å². The number of ether oxygens (including phenoxy) is 1. The van der Waals surface area contributed by atoms with Gasteiger partial charge in [0.25, 0.3) is 0 Å². The van der Waals surface area contributed by atoms with E-state index in [1.54, 1.807) is 0 Å². The number of benzene rings is 1. The minimum atomic E-state index is 0.853. The Morgan fingerprint density at radius 3 is 1.85 bits per heavy atom. The Balaban J connectivity index is 2.13. The standard InChI is InChI=1S/C18H29BrO/c1-15-13-16(2)18(17(3)14-15)20-12-10-8-6-4-5-7-9-11-19/h13-14H,4-12H2,1-3H3. The second kappa shape index (κ2) is 10.3. The van der Waals surface area contributed by atoms with E-state index in [2.05, 4.69) is 48.8 Å². The second-order valence-electron chi connectivity index (χ2n) is 5.74. The molecule has 1 nitrogen and oxygen atoms in total. The number of hydrogen-bond acceptors (Lipinski definition) is 1. The fraction of sp³-hybridized carbons (Fsp3) is 0.667. The maximum absolute atomic E-state index is 5.96. The summed E-state index contributed by atoms with van der Waals surface area (Å²) in [6.07, 6.45) is 9.23. The van der Waals surface area contributed by atoms with E-state index in [9.17, 15) is 0 Å². The topological polar surface area (TPSA) is 9.23 Å². The lowest BCUT2D eigenvalue weighted by atomic mass is 10.1. The zero-order valence-corrected chi connectivity index (χ0v) is 14.9. The lowest BCUT2D eigenvalue weighted by Crippen LogP contribution is -2.01. The highest BCUT2D eigenvalue weighted by molar-refractivity contribution is 9.09. The molecule has 0 radical (unpaired) electrons. The average molecular weight is 341 g/mol. The Morgan fingerprint density at radius 2 is 1.30 bits per heavy atom. The Bertz CT molecular complexity index is 364. The van der Waals surface area contributed by atoms with Crippen LogP contribution in [0.1, 0.15) is 61.6 Å². The van der Waals surface area contributed by atoms with Crippen molar-refractivity contribution in [2.45, 2.75) is 65.7 Å². The lowest BCUT2D eigenvalue weighted by molar-refractivity contribution is 0.300. The molecule has 2 heteroatoms. The fourth-order valence-corrected chi connectivity index (χ4v) is 3.05. The summed E-state index contributed by atoms with van der Waals surface area (Å²) in [5.41, 5.74) is 3.84. The van der Waals surface area contributed by atoms with Gasteiger partial charge < -0.3 is 4.74 Å². The van der Waals surface area contributed by atoms with Gasteiger partial charge in [0.15, 0.2) is 0 Å². The lowest BCUT2D eigenvalue weighted by Gasteiger charge is -2.13. The molecule has 0 aliphatic carbocycles. The molecular formula is C18H29BrO. The van der Waals surface area contributed by atoms with Crippen LogP contribution < -0.4 is 4.74 Å². The predicted octanol–water partition coefficient (Wildman–Crippen LogP) is 6.12. The van der Waals surface area contributed by atoms with Crippen LogP contribution in [0.15, 0.2) is 12.1 Å². The highest BCUT2D eigenvalue weighted by Crippen LogP contribution is 2.24. The number of halogens is 1. The van der Waals surface area contributed by atoms with Gasteiger partial charge in [0.05, 0.1) is 6.61 Å². The van der Waals surface area contributed by atoms with Gasteiger partial charge in [-0.05, 0) is 44.7 Å². The maximum atomic E-state index is 5.96. The summed E-state index contributed by atoms with van der Waals surface area (Å²) < 4.78 is 5.96. The maximum Gasteiger partial charge on any atom is 0.125 e. The molecule has 1 aromatic carbocycles. The second-order valence-corrected chi connectivity index (χ2v) is 6.53. The van der Waals surface area contributed by atoms with E-state index in [1.807, 2.05) is 0 Å². The largest absolute Gasteiger partial charge is 0.493 e. The summed E-state index contributed by atoms with van der Waals surface area (Å²) in [7, 11) is 0. The number of hydrogen-bond donors (Lipinski definition) is 0. The molecule has 0 aliphatic rings. The molecule has 0 spiro atoms. The van der Waals surface area contributed by atoms with Crippen molar-refractivity contribution < 1.29 is 4.74 Å². The molecule has 0 N–H and O–H groups in total. The van der Waals surface area contributed by atoms with E-state index < -0.39 is 0 Å². The minimum absolute atomic E-state index is 0.853. The highest BCUT2D eigenvalue weighted by atomic mass is 79.9. The predicted molar refractivity (Wildman–Crippen MR) is 92.3 cm³/mol. The van der Waals surface area contributed by atoms with Crippen LogP contribution in [0.5, 0.6) is 5.75 Å². The van der Waals surface area contributed by atoms with E-state index in [1.165, 1.54) is 61.6 Å². The zero-order chi connectivity index (χ0) is 14.8. The normalized spacial score (nSPS) is 10.8. The highest BCUT2D eigenvalue weighted by Gasteiger charge is 2.04. The molecule has 1 rings (SSSR count). The van der Waals surface area contributed by atoms with Crippen molar-refractivity contribution in [3.05, 3.63) is 28.8 Å². The Hall–Kier alpha value is -0.500. The molecule has 0 aromatic heterocycles. The van der Waals surface area contributed by atoms with E-state index in [-0.39, 0.29) is 0 Å². The van der Waals surface area contributed by atoms with Crippen LogP contribution in [-0.4, -0.2) is 11.9 Å². The van der Waals surface area contributed by atoms with Gasteiger partial charge in [-0.1, -0.05) is 65.7 Å². The fourth-order valence-electron chi connectivity index (χ4n) is 2.65. The molecule has 114 valence electrons. The zero-order valence-electron chi connectivity index (χ0n) is 13.3. The van der Waals surface area contributed by atoms with E-state index in [0.29, 0.717) is 0 Å². The molecule has 20 heavy (non-hydrogen) atoms. The Kier molecular flexibility index (Phi) is 9.00. The van der Waals surface area contributed by atoms with Crippen molar-refractivity contribution in [3.63, 3.8) is 0 Å². The summed E-state index contributed by atoms with van der Waals surface area (Å²) >= 11 is 3.47. The van der Waals surface area contributed by atoms with Crippen molar-refractivity contribution in [1.82, 2.24) is 0 Å². The molecule has 0 aliphatic heterocycles. The molecular weight excluding hydrogens is 312 g/mol. The van der Waals surface area contributed by atoms with Crippen LogP contribution in [0, 0.1) is 20.8 Å². The van der Waals surface area contributed by atoms with E-state index in [4.69, 9.17) is 4.74 Å². The summed E-state index contributed by atoms with van der Waals surface area (Å²) in [6, 6.07) is 4.40. The molecule has 0 amide bonds. The smallest absolute Gasteiger partial charge is 0.125 e. The summed E-state index contributed by atoms with van der Waals surface area (Å²) in [5.74, 6) is 1.09. The van der Waals surface area contributed by atoms with Gasteiger partial charge in [0.2, 0.25) is 0 Å². The summed E-state index contributed by atoms with van der Waals surface area (Å²) in [4.78, 5) is 0. The van der Waals surface area contributed by atoms with E-state index in [0.717, 1.165) is 17.7 Å². The van der Waals surface area contributed by atoms with Crippen LogP contribution in [0.25, 0.3) is 0 Å². The van der Waals surface area contributed by atoms with Crippen LogP contribution in [-0.2, 0) is 0 Å². The van der Waals surface area contributed by atoms with Crippen molar-refractivity contribution in [2.24, 2.45) is 0 Å². The Labute approximate surface area is 133 Å². The van der Waals surface area contributed by atoms with Gasteiger partial charge >= 0.3 is 0 Å². The van der Waals surface area contributed by atoms with Crippen LogP contribution >= 0.6 is 15.9 Å². The van der Waals surface area contributed by atoms with Gasteiger partial charge in [-0.25, -0.2) is 0 Å². The molecule has 0 unspecified atom stereocenters. The van der Waals surface area contributed by atoms with Gasteiger partial charge in [-0.3, -0.25) is 0 Å². The van der Waals surface area contributed by atoms with Gasteiger partial charge in [0, 0.05) is 5.33 Å². The first-order chi connectivity index (χ1) is 9.65. The molecule has 1 aromatic rings. The van der Waals surface area contributed by atoms with Gasteiger partial charge in [-0.15, -0.1) is 0 Å². The molecule has 0 bridgehead atoms. The number of aryl methyl sites for hydroxylation is 3. The van der Waals surface area contributed by atoms with Gasteiger partial charge in [-0.2, -0.15) is 0 Å². The Morgan fingerprint density at radius 1 is 0.800 bits per heavy atom. The molecule has 0 heterocycles. The monoisotopic (exact) mass is 340 g/mol. The first kappa shape index (κ1) is 17.6. The molecule has 0 saturated heterocycles. The van der Waals surface area contributed by atoms with Crippen LogP contribution in [0.4, 0.5) is 0 Å². The molecule has 0 atom stereocenters. The number of rotatable bonds is 10. The van der Waals surface area contributed by atoms with Crippen molar-refractivity contribution >= 4 is 15.9 Å². The van der Waals surface area contributed by atoms with Crippen molar-refractivity contribution in [3.8, 4) is 5.75 Å². The van der Waals surface area contributed by atoms with E-state index >= 15 is 0 Å². The first-order valence-electron chi connectivity index (χ1n) is 7.91. The third kappa shape index (κ3) is 6.78. The third-order valence-corrected chi connectivity index (χ3v) is 4.19. The first-order valence-corrected chi connectivity index (χ1v) is 9.04. The quantitative estimate of drug-likeness (QED) is 0.368. The summed E-state index contributed by atoms with van der Waals surface area (Å²) in [6.45, 7) is 7.27. The number of alkyl halides is 1. The number of unbranched alkanes of at least 4 members (excludes halogenated alkanes) is 6. The SMILES string of the molecule is Cc1cc(C)c(OCCCCCCCCCBr)c(C)c1. The third-order valence-electron chi connectivity index (χ3n) is 3.63. The average Bonchev–Trinajstić information content (AvgIpc) is 2.39. The van der Waals surface area contributed by atoms with Crippen molar-refractivity contribution in [2.75, 3.05) is 11.9 Å². The van der Waals surface area contributed by atoms with Gasteiger partial charge in [0.1, 0.15) is 5.75 Å². The summed E-state index contributed by atoms with van der Waals surface area (Å²) in [5, 5.41) is 1.15. The molecule has 0 fully saturated rings.